The maximum absolute atomic E-state index is 12.2. The molecule has 0 amide bonds. The van der Waals surface area contributed by atoms with Gasteiger partial charge in [0.15, 0.2) is 0 Å². The van der Waals surface area contributed by atoms with Crippen LogP contribution in [0.3, 0.4) is 0 Å². The fourth-order valence-corrected chi connectivity index (χ4v) is 3.65. The van der Waals surface area contributed by atoms with Crippen LogP contribution in [-0.4, -0.2) is 47.9 Å². The van der Waals surface area contributed by atoms with E-state index >= 15 is 0 Å². The molecular formula is C14H27NO3S. The minimum Gasteiger partial charge on any atom is -0.465 e. The van der Waals surface area contributed by atoms with Crippen LogP contribution in [0.4, 0.5) is 0 Å². The van der Waals surface area contributed by atoms with Gasteiger partial charge in [0.25, 0.3) is 0 Å². The number of carbonyl (C=O) groups excluding carboxylic acids is 1. The number of carbonyl (C=O) groups is 1. The van der Waals surface area contributed by atoms with E-state index in [-0.39, 0.29) is 18.1 Å². The standard InChI is InChI=1S/C14H27NO3S/c1-6-17-13(16)14(5,15-10(2)3)9-19-12-7-8-18-11(12)4/h10-12,15H,6-9H2,1-5H3. The Kier molecular flexibility index (Phi) is 6.63. The van der Waals surface area contributed by atoms with Gasteiger partial charge in [-0.3, -0.25) is 10.1 Å². The summed E-state index contributed by atoms with van der Waals surface area (Å²) in [4.78, 5) is 12.2. The number of rotatable bonds is 7. The van der Waals surface area contributed by atoms with Gasteiger partial charge < -0.3 is 9.47 Å². The van der Waals surface area contributed by atoms with Gasteiger partial charge in [0.2, 0.25) is 0 Å². The molecule has 3 atom stereocenters. The van der Waals surface area contributed by atoms with Crippen molar-refractivity contribution in [1.82, 2.24) is 5.32 Å². The van der Waals surface area contributed by atoms with Crippen LogP contribution in [0, 0.1) is 0 Å². The quantitative estimate of drug-likeness (QED) is 0.728. The molecule has 0 aromatic heterocycles. The van der Waals surface area contributed by atoms with Crippen molar-refractivity contribution in [3.63, 3.8) is 0 Å². The van der Waals surface area contributed by atoms with Crippen LogP contribution >= 0.6 is 11.8 Å². The van der Waals surface area contributed by atoms with Gasteiger partial charge in [0.1, 0.15) is 5.54 Å². The van der Waals surface area contributed by atoms with E-state index in [0.29, 0.717) is 17.6 Å². The van der Waals surface area contributed by atoms with Crippen molar-refractivity contribution in [3.8, 4) is 0 Å². The largest absolute Gasteiger partial charge is 0.465 e. The maximum Gasteiger partial charge on any atom is 0.326 e. The predicted octanol–water partition coefficient (Wildman–Crippen LogP) is 2.22. The Morgan fingerprint density at radius 3 is 2.74 bits per heavy atom. The Labute approximate surface area is 121 Å². The summed E-state index contributed by atoms with van der Waals surface area (Å²) in [5.74, 6) is 0.547. The van der Waals surface area contributed by atoms with E-state index in [4.69, 9.17) is 9.47 Å². The van der Waals surface area contributed by atoms with Crippen molar-refractivity contribution in [3.05, 3.63) is 0 Å². The molecule has 0 spiro atoms. The Balaban J connectivity index is 2.60. The van der Waals surface area contributed by atoms with Crippen LogP contribution in [0.1, 0.15) is 41.0 Å². The summed E-state index contributed by atoms with van der Waals surface area (Å²) in [5, 5.41) is 3.82. The van der Waals surface area contributed by atoms with E-state index < -0.39 is 5.54 Å². The highest BCUT2D eigenvalue weighted by Gasteiger charge is 2.37. The van der Waals surface area contributed by atoms with Crippen LogP contribution in [-0.2, 0) is 14.3 Å². The monoisotopic (exact) mass is 289 g/mol. The normalized spacial score (nSPS) is 26.4. The summed E-state index contributed by atoms with van der Waals surface area (Å²) in [6.07, 6.45) is 1.34. The molecule has 0 aliphatic carbocycles. The second-order valence-corrected chi connectivity index (χ2v) is 6.79. The van der Waals surface area contributed by atoms with Gasteiger partial charge in [-0.1, -0.05) is 0 Å². The van der Waals surface area contributed by atoms with E-state index in [9.17, 15) is 4.79 Å². The highest BCUT2D eigenvalue weighted by molar-refractivity contribution is 8.00. The molecule has 1 aliphatic heterocycles. The smallest absolute Gasteiger partial charge is 0.326 e. The predicted molar refractivity (Wildman–Crippen MR) is 79.6 cm³/mol. The van der Waals surface area contributed by atoms with Gasteiger partial charge in [0.05, 0.1) is 12.7 Å². The zero-order valence-electron chi connectivity index (χ0n) is 12.7. The topological polar surface area (TPSA) is 47.6 Å². The minimum absolute atomic E-state index is 0.164. The molecular weight excluding hydrogens is 262 g/mol. The lowest BCUT2D eigenvalue weighted by Crippen LogP contribution is -2.55. The van der Waals surface area contributed by atoms with Crippen LogP contribution in [0.25, 0.3) is 0 Å². The molecule has 3 unspecified atom stereocenters. The number of ether oxygens (including phenoxy) is 2. The van der Waals surface area contributed by atoms with Gasteiger partial charge in [-0.15, -0.1) is 0 Å². The Bertz CT molecular complexity index is 298. The third-order valence-electron chi connectivity index (χ3n) is 3.23. The van der Waals surface area contributed by atoms with Gasteiger partial charge in [-0.25, -0.2) is 0 Å². The van der Waals surface area contributed by atoms with Gasteiger partial charge >= 0.3 is 5.97 Å². The minimum atomic E-state index is -0.628. The molecule has 1 N–H and O–H groups in total. The lowest BCUT2D eigenvalue weighted by Gasteiger charge is -2.31. The molecule has 0 bridgehead atoms. The lowest BCUT2D eigenvalue weighted by molar-refractivity contribution is -0.149. The number of esters is 1. The molecule has 1 aliphatic rings. The molecule has 5 heteroatoms. The van der Waals surface area contributed by atoms with Gasteiger partial charge in [-0.05, 0) is 41.0 Å². The van der Waals surface area contributed by atoms with Gasteiger partial charge in [0, 0.05) is 23.7 Å². The number of hydrogen-bond donors (Lipinski definition) is 1. The Hall–Kier alpha value is -0.260. The molecule has 1 rings (SSSR count). The van der Waals surface area contributed by atoms with Crippen LogP contribution in [0.15, 0.2) is 0 Å². The van der Waals surface area contributed by atoms with E-state index in [1.807, 2.05) is 27.7 Å². The fraction of sp³-hybridized carbons (Fsp3) is 0.929. The van der Waals surface area contributed by atoms with Crippen molar-refractivity contribution in [2.75, 3.05) is 19.0 Å². The molecule has 1 saturated heterocycles. The number of hydrogen-bond acceptors (Lipinski definition) is 5. The first-order valence-corrected chi connectivity index (χ1v) is 8.12. The Morgan fingerprint density at radius 2 is 2.26 bits per heavy atom. The summed E-state index contributed by atoms with van der Waals surface area (Å²) >= 11 is 1.81. The maximum atomic E-state index is 12.2. The third kappa shape index (κ3) is 4.97. The SMILES string of the molecule is CCOC(=O)C(C)(CSC1CCOC1C)NC(C)C. The van der Waals surface area contributed by atoms with Crippen molar-refractivity contribution in [2.24, 2.45) is 0 Å². The van der Waals surface area contributed by atoms with Crippen LogP contribution in [0.2, 0.25) is 0 Å². The van der Waals surface area contributed by atoms with E-state index in [1.54, 1.807) is 11.8 Å². The second kappa shape index (κ2) is 7.50. The average Bonchev–Trinajstić information content (AvgIpc) is 2.72. The fourth-order valence-electron chi connectivity index (χ4n) is 2.29. The van der Waals surface area contributed by atoms with Crippen molar-refractivity contribution in [1.29, 1.82) is 0 Å². The molecule has 4 nitrogen and oxygen atoms in total. The first-order chi connectivity index (χ1) is 8.89. The van der Waals surface area contributed by atoms with Crippen molar-refractivity contribution in [2.45, 2.75) is 64.0 Å². The Morgan fingerprint density at radius 1 is 1.58 bits per heavy atom. The highest BCUT2D eigenvalue weighted by atomic mass is 32.2. The lowest BCUT2D eigenvalue weighted by atomic mass is 10.0. The first kappa shape index (κ1) is 16.8. The van der Waals surface area contributed by atoms with E-state index in [1.165, 1.54) is 0 Å². The summed E-state index contributed by atoms with van der Waals surface area (Å²) in [5.41, 5.74) is -0.628. The molecule has 0 aromatic rings. The number of thioether (sulfide) groups is 1. The molecule has 0 radical (unpaired) electrons. The van der Waals surface area contributed by atoms with Crippen LogP contribution < -0.4 is 5.32 Å². The average molecular weight is 289 g/mol. The summed E-state index contributed by atoms with van der Waals surface area (Å²) < 4.78 is 10.8. The summed E-state index contributed by atoms with van der Waals surface area (Å²) in [7, 11) is 0. The molecule has 0 saturated carbocycles. The van der Waals surface area contributed by atoms with E-state index in [2.05, 4.69) is 12.2 Å². The van der Waals surface area contributed by atoms with Gasteiger partial charge in [-0.2, -0.15) is 11.8 Å². The molecule has 0 aromatic carbocycles. The van der Waals surface area contributed by atoms with Crippen molar-refractivity contribution >= 4 is 17.7 Å². The van der Waals surface area contributed by atoms with E-state index in [0.717, 1.165) is 13.0 Å². The first-order valence-electron chi connectivity index (χ1n) is 7.07. The highest BCUT2D eigenvalue weighted by Crippen LogP contribution is 2.29. The van der Waals surface area contributed by atoms with Crippen molar-refractivity contribution < 1.29 is 14.3 Å². The zero-order valence-corrected chi connectivity index (χ0v) is 13.5. The van der Waals surface area contributed by atoms with Crippen LogP contribution in [0.5, 0.6) is 0 Å². The summed E-state index contributed by atoms with van der Waals surface area (Å²) in [6.45, 7) is 11.2. The third-order valence-corrected chi connectivity index (χ3v) is 5.02. The molecule has 112 valence electrons. The molecule has 1 heterocycles. The molecule has 19 heavy (non-hydrogen) atoms. The zero-order chi connectivity index (χ0) is 14.5. The number of nitrogens with one attached hydrogen (secondary N) is 1. The molecule has 1 fully saturated rings. The summed E-state index contributed by atoms with van der Waals surface area (Å²) in [6, 6.07) is 0.243. The second-order valence-electron chi connectivity index (χ2n) is 5.57.